The van der Waals surface area contributed by atoms with Gasteiger partial charge in [0.15, 0.2) is 11.6 Å². The number of carbonyl (C=O) groups excluding carboxylic acids is 1. The molecule has 2 aromatic carbocycles. The van der Waals surface area contributed by atoms with Crippen molar-refractivity contribution in [3.8, 4) is 22.9 Å². The number of benzene rings is 2. The number of rotatable bonds is 5. The largest absolute Gasteiger partial charge is 0.497 e. The van der Waals surface area contributed by atoms with Crippen LogP contribution in [-0.4, -0.2) is 34.3 Å². The van der Waals surface area contributed by atoms with Crippen molar-refractivity contribution >= 4 is 11.7 Å². The summed E-state index contributed by atoms with van der Waals surface area (Å²) in [5, 5.41) is 8.18. The molecule has 0 saturated heterocycles. The number of anilines is 1. The summed E-state index contributed by atoms with van der Waals surface area (Å²) < 4.78 is 12.8. The maximum absolute atomic E-state index is 13.0. The fourth-order valence-electron chi connectivity index (χ4n) is 4.26. The molecule has 5 rings (SSSR count). The molecule has 0 bridgehead atoms. The highest BCUT2D eigenvalue weighted by Crippen LogP contribution is 2.41. The molecule has 3 aromatic rings. The number of nitrogens with one attached hydrogen (secondary N) is 1. The Morgan fingerprint density at radius 1 is 1.13 bits per heavy atom. The van der Waals surface area contributed by atoms with E-state index in [-0.39, 0.29) is 11.8 Å². The second-order valence-corrected chi connectivity index (χ2v) is 7.63. The minimum atomic E-state index is -0.318. The third-order valence-electron chi connectivity index (χ3n) is 5.70. The third-order valence-corrected chi connectivity index (χ3v) is 5.70. The number of allylic oxidation sites excluding steroid dienone is 2. The normalized spacial score (nSPS) is 17.6. The van der Waals surface area contributed by atoms with E-state index in [1.165, 1.54) is 0 Å². The molecule has 158 valence electrons. The van der Waals surface area contributed by atoms with Gasteiger partial charge < -0.3 is 14.8 Å². The molecular formula is C24H24N4O3. The number of aromatic nitrogens is 3. The van der Waals surface area contributed by atoms with E-state index in [1.54, 1.807) is 7.11 Å². The van der Waals surface area contributed by atoms with E-state index < -0.39 is 0 Å². The number of carbonyl (C=O) groups is 1. The summed E-state index contributed by atoms with van der Waals surface area (Å²) >= 11 is 0. The first kappa shape index (κ1) is 19.4. The summed E-state index contributed by atoms with van der Waals surface area (Å²) in [7, 11) is 1.64. The second kappa shape index (κ2) is 7.91. The molecule has 0 fully saturated rings. The highest BCUT2D eigenvalue weighted by Gasteiger charge is 2.36. The van der Waals surface area contributed by atoms with Gasteiger partial charge in [0.1, 0.15) is 17.5 Å². The Hall–Kier alpha value is -3.61. The molecule has 1 aliphatic heterocycles. The topological polar surface area (TPSA) is 78.3 Å². The van der Waals surface area contributed by atoms with Crippen molar-refractivity contribution in [2.24, 2.45) is 0 Å². The number of ether oxygens (including phenoxy) is 2. The lowest BCUT2D eigenvalue weighted by Gasteiger charge is -2.32. The molecule has 7 heteroatoms. The molecule has 0 saturated carbocycles. The van der Waals surface area contributed by atoms with E-state index in [0.29, 0.717) is 24.8 Å². The smallest absolute Gasteiger partial charge is 0.226 e. The van der Waals surface area contributed by atoms with Crippen molar-refractivity contribution < 1.29 is 14.3 Å². The highest BCUT2D eigenvalue weighted by atomic mass is 16.5. The zero-order valence-corrected chi connectivity index (χ0v) is 17.6. The Bertz CT molecular complexity index is 1160. The van der Waals surface area contributed by atoms with Crippen molar-refractivity contribution in [3.05, 3.63) is 65.4 Å². The van der Waals surface area contributed by atoms with Gasteiger partial charge in [0.25, 0.3) is 0 Å². The van der Waals surface area contributed by atoms with Gasteiger partial charge in [-0.25, -0.2) is 4.68 Å². The fraction of sp³-hybridized carbons (Fsp3) is 0.292. The molecular weight excluding hydrogens is 392 g/mol. The van der Waals surface area contributed by atoms with Crippen LogP contribution in [0.1, 0.15) is 37.8 Å². The van der Waals surface area contributed by atoms with Crippen LogP contribution in [-0.2, 0) is 4.79 Å². The highest BCUT2D eigenvalue weighted by molar-refractivity contribution is 5.99. The minimum absolute atomic E-state index is 0.164. The van der Waals surface area contributed by atoms with Crippen molar-refractivity contribution in [1.82, 2.24) is 14.8 Å². The summed E-state index contributed by atoms with van der Waals surface area (Å²) in [5.41, 5.74) is 3.58. The molecule has 0 radical (unpaired) electrons. The summed E-state index contributed by atoms with van der Waals surface area (Å²) in [5.74, 6) is 2.95. The molecule has 1 aromatic heterocycles. The SMILES string of the molecule is CCOc1ccc(C2C3=C(CCCC3=O)Nc3nc(-c4cccc(OC)c4)nn32)cc1. The van der Waals surface area contributed by atoms with E-state index in [2.05, 4.69) is 5.32 Å². The van der Waals surface area contributed by atoms with E-state index in [9.17, 15) is 4.79 Å². The maximum atomic E-state index is 13.0. The number of nitrogens with zero attached hydrogens (tertiary/aromatic N) is 3. The second-order valence-electron chi connectivity index (χ2n) is 7.63. The fourth-order valence-corrected chi connectivity index (χ4v) is 4.26. The standard InChI is InChI=1S/C24H24N4O3/c1-3-31-17-12-10-15(11-13-17)22-21-19(8-5-9-20(21)29)25-24-26-23(27-28(22)24)16-6-4-7-18(14-16)30-2/h4,6-7,10-14,22H,3,5,8-9H2,1-2H3,(H,25,26,27). The Morgan fingerprint density at radius 2 is 1.97 bits per heavy atom. The Balaban J connectivity index is 1.62. The van der Waals surface area contributed by atoms with E-state index in [1.807, 2.05) is 60.1 Å². The van der Waals surface area contributed by atoms with Gasteiger partial charge in [-0.05, 0) is 49.6 Å². The molecule has 7 nitrogen and oxygen atoms in total. The van der Waals surface area contributed by atoms with Crippen molar-refractivity contribution in [2.45, 2.75) is 32.2 Å². The lowest BCUT2D eigenvalue weighted by Crippen LogP contribution is -2.31. The maximum Gasteiger partial charge on any atom is 0.226 e. The number of hydrogen-bond acceptors (Lipinski definition) is 6. The van der Waals surface area contributed by atoms with E-state index in [4.69, 9.17) is 19.6 Å². The van der Waals surface area contributed by atoms with Gasteiger partial charge in [0, 0.05) is 23.3 Å². The molecule has 1 atom stereocenters. The van der Waals surface area contributed by atoms with Crippen molar-refractivity contribution in [3.63, 3.8) is 0 Å². The van der Waals surface area contributed by atoms with E-state index >= 15 is 0 Å². The van der Waals surface area contributed by atoms with Gasteiger partial charge in [0.05, 0.1) is 13.7 Å². The van der Waals surface area contributed by atoms with Crippen LogP contribution in [0.2, 0.25) is 0 Å². The third kappa shape index (κ3) is 3.46. The Labute approximate surface area is 180 Å². The first-order valence-corrected chi connectivity index (χ1v) is 10.5. The molecule has 2 heterocycles. The van der Waals surface area contributed by atoms with Gasteiger partial charge in [-0.3, -0.25) is 4.79 Å². The zero-order valence-electron chi connectivity index (χ0n) is 17.6. The van der Waals surface area contributed by atoms with Crippen LogP contribution in [0.4, 0.5) is 5.95 Å². The monoisotopic (exact) mass is 416 g/mol. The number of methoxy groups -OCH3 is 1. The molecule has 0 amide bonds. The van der Waals surface area contributed by atoms with Gasteiger partial charge in [-0.15, -0.1) is 5.10 Å². The molecule has 1 N–H and O–H groups in total. The Kier molecular flexibility index (Phi) is 4.94. The van der Waals surface area contributed by atoms with Gasteiger partial charge in [-0.2, -0.15) is 4.98 Å². The van der Waals surface area contributed by atoms with Crippen molar-refractivity contribution in [2.75, 3.05) is 19.0 Å². The van der Waals surface area contributed by atoms with Crippen LogP contribution in [0, 0.1) is 0 Å². The molecule has 0 spiro atoms. The quantitative estimate of drug-likeness (QED) is 0.665. The minimum Gasteiger partial charge on any atom is -0.497 e. The molecule has 31 heavy (non-hydrogen) atoms. The van der Waals surface area contributed by atoms with Crippen LogP contribution >= 0.6 is 0 Å². The molecule has 1 unspecified atom stereocenters. The van der Waals surface area contributed by atoms with Crippen LogP contribution in [0.25, 0.3) is 11.4 Å². The summed E-state index contributed by atoms with van der Waals surface area (Å²) in [4.78, 5) is 17.7. The number of Topliss-reactive ketones (excluding diaryl/α,β-unsaturated/α-hetero) is 1. The Morgan fingerprint density at radius 3 is 2.74 bits per heavy atom. The summed E-state index contributed by atoms with van der Waals surface area (Å²) in [6.07, 6.45) is 2.23. The summed E-state index contributed by atoms with van der Waals surface area (Å²) in [6, 6.07) is 15.2. The first-order chi connectivity index (χ1) is 15.2. The molecule has 1 aliphatic carbocycles. The van der Waals surface area contributed by atoms with Crippen LogP contribution in [0.5, 0.6) is 11.5 Å². The van der Waals surface area contributed by atoms with Crippen LogP contribution in [0.15, 0.2) is 59.8 Å². The number of fused-ring (bicyclic) bond motifs is 1. The lowest BCUT2D eigenvalue weighted by molar-refractivity contribution is -0.116. The van der Waals surface area contributed by atoms with E-state index in [0.717, 1.165) is 46.7 Å². The van der Waals surface area contributed by atoms with Crippen LogP contribution < -0.4 is 14.8 Å². The van der Waals surface area contributed by atoms with Crippen LogP contribution in [0.3, 0.4) is 0 Å². The van der Waals surface area contributed by atoms with Crippen molar-refractivity contribution in [1.29, 1.82) is 0 Å². The number of hydrogen-bond donors (Lipinski definition) is 1. The number of ketones is 1. The zero-order chi connectivity index (χ0) is 21.4. The average molecular weight is 416 g/mol. The lowest BCUT2D eigenvalue weighted by atomic mass is 9.85. The summed E-state index contributed by atoms with van der Waals surface area (Å²) in [6.45, 7) is 2.57. The average Bonchev–Trinajstić information content (AvgIpc) is 3.23. The van der Waals surface area contributed by atoms with Gasteiger partial charge in [-0.1, -0.05) is 24.3 Å². The van der Waals surface area contributed by atoms with Gasteiger partial charge >= 0.3 is 0 Å². The first-order valence-electron chi connectivity index (χ1n) is 10.5. The predicted octanol–water partition coefficient (Wildman–Crippen LogP) is 4.37. The molecule has 2 aliphatic rings. The predicted molar refractivity (Wildman–Crippen MR) is 117 cm³/mol. The van der Waals surface area contributed by atoms with Gasteiger partial charge in [0.2, 0.25) is 5.95 Å².